The fraction of sp³-hybridized carbons (Fsp3) is 0.333. The number of anilines is 3. The van der Waals surface area contributed by atoms with Crippen LogP contribution in [0, 0.1) is 5.92 Å². The summed E-state index contributed by atoms with van der Waals surface area (Å²) < 4.78 is 5.46. The number of amides is 2. The fourth-order valence-electron chi connectivity index (χ4n) is 3.80. The van der Waals surface area contributed by atoms with Crippen LogP contribution < -0.4 is 19.9 Å². The van der Waals surface area contributed by atoms with Crippen LogP contribution in [0.25, 0.3) is 0 Å². The summed E-state index contributed by atoms with van der Waals surface area (Å²) in [4.78, 5) is 28.9. The molecule has 1 N–H and O–H groups in total. The molecule has 0 saturated heterocycles. The van der Waals surface area contributed by atoms with Crippen LogP contribution in [0.5, 0.6) is 5.75 Å². The molecule has 1 saturated carbocycles. The molecule has 6 heteroatoms. The normalized spacial score (nSPS) is 18.3. The van der Waals surface area contributed by atoms with Crippen molar-refractivity contribution in [2.45, 2.75) is 12.8 Å². The smallest absolute Gasteiger partial charge is 0.262 e. The van der Waals surface area contributed by atoms with Crippen molar-refractivity contribution in [1.29, 1.82) is 0 Å². The van der Waals surface area contributed by atoms with Crippen LogP contribution in [0.2, 0.25) is 0 Å². The summed E-state index contributed by atoms with van der Waals surface area (Å²) in [6, 6.07) is 13.3. The van der Waals surface area contributed by atoms with E-state index in [9.17, 15) is 9.59 Å². The highest BCUT2D eigenvalue weighted by molar-refractivity contribution is 6.09. The van der Waals surface area contributed by atoms with Gasteiger partial charge in [-0.1, -0.05) is 12.1 Å². The van der Waals surface area contributed by atoms with E-state index in [2.05, 4.69) is 16.3 Å². The van der Waals surface area contributed by atoms with Gasteiger partial charge in [-0.2, -0.15) is 0 Å². The van der Waals surface area contributed by atoms with Crippen LogP contribution >= 0.6 is 0 Å². The summed E-state index contributed by atoms with van der Waals surface area (Å²) in [7, 11) is 0. The zero-order valence-corrected chi connectivity index (χ0v) is 15.0. The average Bonchev–Trinajstić information content (AvgIpc) is 3.51. The molecule has 0 radical (unpaired) electrons. The Hall–Kier alpha value is -3.02. The molecule has 138 valence electrons. The zero-order valence-electron chi connectivity index (χ0n) is 15.0. The molecule has 2 aromatic rings. The van der Waals surface area contributed by atoms with Crippen LogP contribution in [0.3, 0.4) is 0 Å². The summed E-state index contributed by atoms with van der Waals surface area (Å²) in [5.41, 5.74) is 3.26. The van der Waals surface area contributed by atoms with Gasteiger partial charge < -0.3 is 19.9 Å². The zero-order chi connectivity index (χ0) is 18.4. The third-order valence-electron chi connectivity index (χ3n) is 5.39. The first-order valence-electron chi connectivity index (χ1n) is 9.41. The van der Waals surface area contributed by atoms with Crippen molar-refractivity contribution in [1.82, 2.24) is 0 Å². The molecule has 1 aliphatic carbocycles. The highest BCUT2D eigenvalue weighted by atomic mass is 16.5. The second-order valence-electron chi connectivity index (χ2n) is 7.38. The van der Waals surface area contributed by atoms with Gasteiger partial charge in [0, 0.05) is 25.2 Å². The number of para-hydroxylation sites is 2. The van der Waals surface area contributed by atoms with Gasteiger partial charge in [-0.05, 0) is 49.1 Å². The number of fused-ring (bicyclic) bond motifs is 2. The van der Waals surface area contributed by atoms with Gasteiger partial charge in [-0.15, -0.1) is 0 Å². The first-order chi connectivity index (χ1) is 13.2. The molecule has 0 unspecified atom stereocenters. The number of nitrogens with zero attached hydrogens (tertiary/aromatic N) is 2. The minimum atomic E-state index is -0.178. The molecule has 0 atom stereocenters. The largest absolute Gasteiger partial charge is 0.482 e. The summed E-state index contributed by atoms with van der Waals surface area (Å²) in [6.45, 7) is 2.56. The fourth-order valence-corrected chi connectivity index (χ4v) is 3.80. The highest BCUT2D eigenvalue weighted by Gasteiger charge is 2.31. The van der Waals surface area contributed by atoms with Crippen LogP contribution in [0.15, 0.2) is 42.5 Å². The molecule has 1 fully saturated rings. The number of hydrogen-bond acceptors (Lipinski definition) is 4. The summed E-state index contributed by atoms with van der Waals surface area (Å²) in [5, 5.41) is 2.76. The van der Waals surface area contributed by atoms with E-state index in [0.29, 0.717) is 23.5 Å². The minimum absolute atomic E-state index is 0.0205. The molecular formula is C21H21N3O3. The Morgan fingerprint density at radius 1 is 1.11 bits per heavy atom. The maximum Gasteiger partial charge on any atom is 0.262 e. The van der Waals surface area contributed by atoms with Crippen molar-refractivity contribution in [3.8, 4) is 5.75 Å². The van der Waals surface area contributed by atoms with Gasteiger partial charge in [0.1, 0.15) is 5.75 Å². The van der Waals surface area contributed by atoms with Crippen molar-refractivity contribution in [2.24, 2.45) is 5.92 Å². The lowest BCUT2D eigenvalue weighted by Crippen LogP contribution is -2.44. The Morgan fingerprint density at radius 2 is 1.93 bits per heavy atom. The quantitative estimate of drug-likeness (QED) is 0.911. The predicted molar refractivity (Wildman–Crippen MR) is 104 cm³/mol. The van der Waals surface area contributed by atoms with E-state index in [1.165, 1.54) is 12.8 Å². The highest BCUT2D eigenvalue weighted by Crippen LogP contribution is 2.38. The number of ether oxygens (including phenoxy) is 1. The van der Waals surface area contributed by atoms with E-state index in [4.69, 9.17) is 4.74 Å². The standard InChI is InChI=1S/C21H21N3O3/c25-20-13-27-19-11-15(7-8-16(19)22-20)21(26)24-10-9-23(12-14-5-6-14)17-3-1-2-4-18(17)24/h1-4,7-8,11,14H,5-6,9-10,12-13H2,(H,22,25). The van der Waals surface area contributed by atoms with E-state index in [0.717, 1.165) is 30.4 Å². The van der Waals surface area contributed by atoms with Gasteiger partial charge in [0.05, 0.1) is 17.1 Å². The molecule has 6 nitrogen and oxygen atoms in total. The van der Waals surface area contributed by atoms with Crippen LogP contribution in [0.1, 0.15) is 23.2 Å². The average molecular weight is 363 g/mol. The van der Waals surface area contributed by atoms with Crippen molar-refractivity contribution in [3.05, 3.63) is 48.0 Å². The van der Waals surface area contributed by atoms with Crippen LogP contribution in [-0.4, -0.2) is 38.1 Å². The lowest BCUT2D eigenvalue weighted by atomic mass is 10.1. The lowest BCUT2D eigenvalue weighted by Gasteiger charge is -2.38. The molecule has 2 amide bonds. The second kappa shape index (κ2) is 6.30. The molecule has 2 aliphatic heterocycles. The number of carbonyl (C=O) groups excluding carboxylic acids is 2. The minimum Gasteiger partial charge on any atom is -0.482 e. The van der Waals surface area contributed by atoms with Gasteiger partial charge in [-0.3, -0.25) is 9.59 Å². The molecule has 27 heavy (non-hydrogen) atoms. The Labute approximate surface area is 157 Å². The van der Waals surface area contributed by atoms with E-state index in [-0.39, 0.29) is 18.4 Å². The summed E-state index contributed by atoms with van der Waals surface area (Å²) >= 11 is 0. The predicted octanol–water partition coefficient (Wildman–Crippen LogP) is 2.89. The number of carbonyl (C=O) groups is 2. The third kappa shape index (κ3) is 3.01. The Kier molecular flexibility index (Phi) is 3.77. The first kappa shape index (κ1) is 16.2. The molecule has 0 aromatic heterocycles. The number of hydrogen-bond donors (Lipinski definition) is 1. The van der Waals surface area contributed by atoms with Gasteiger partial charge in [0.15, 0.2) is 6.61 Å². The molecule has 2 aromatic carbocycles. The number of benzene rings is 2. The summed E-state index contributed by atoms with van der Waals surface area (Å²) in [6.07, 6.45) is 2.62. The molecule has 0 bridgehead atoms. The van der Waals surface area contributed by atoms with E-state index >= 15 is 0 Å². The first-order valence-corrected chi connectivity index (χ1v) is 9.41. The molecular weight excluding hydrogens is 342 g/mol. The SMILES string of the molecule is O=C1COc2cc(C(=O)N3CCN(CC4CC4)c4ccccc43)ccc2N1. The van der Waals surface area contributed by atoms with Gasteiger partial charge in [-0.25, -0.2) is 0 Å². The lowest BCUT2D eigenvalue weighted by molar-refractivity contribution is -0.118. The van der Waals surface area contributed by atoms with E-state index in [1.807, 2.05) is 23.1 Å². The Bertz CT molecular complexity index is 923. The molecule has 2 heterocycles. The Morgan fingerprint density at radius 3 is 2.74 bits per heavy atom. The van der Waals surface area contributed by atoms with Gasteiger partial charge in [0.25, 0.3) is 11.8 Å². The van der Waals surface area contributed by atoms with Crippen molar-refractivity contribution in [2.75, 3.05) is 41.4 Å². The number of nitrogens with one attached hydrogen (secondary N) is 1. The monoisotopic (exact) mass is 363 g/mol. The topological polar surface area (TPSA) is 61.9 Å². The molecule has 3 aliphatic rings. The Balaban J connectivity index is 1.44. The maximum atomic E-state index is 13.2. The van der Waals surface area contributed by atoms with Crippen molar-refractivity contribution >= 4 is 28.9 Å². The van der Waals surface area contributed by atoms with Gasteiger partial charge >= 0.3 is 0 Å². The second-order valence-corrected chi connectivity index (χ2v) is 7.38. The van der Waals surface area contributed by atoms with Crippen molar-refractivity contribution in [3.63, 3.8) is 0 Å². The maximum absolute atomic E-state index is 13.2. The van der Waals surface area contributed by atoms with Crippen LogP contribution in [-0.2, 0) is 4.79 Å². The third-order valence-corrected chi connectivity index (χ3v) is 5.39. The van der Waals surface area contributed by atoms with Gasteiger partial charge in [0.2, 0.25) is 0 Å². The summed E-state index contributed by atoms with van der Waals surface area (Å²) in [5.74, 6) is 1.12. The van der Waals surface area contributed by atoms with Crippen LogP contribution in [0.4, 0.5) is 17.1 Å². The van der Waals surface area contributed by atoms with Crippen molar-refractivity contribution < 1.29 is 14.3 Å². The van der Waals surface area contributed by atoms with E-state index < -0.39 is 0 Å². The van der Waals surface area contributed by atoms with E-state index in [1.54, 1.807) is 18.2 Å². The molecule has 0 spiro atoms. The number of rotatable bonds is 3. The molecule has 5 rings (SSSR count).